The first-order valence-corrected chi connectivity index (χ1v) is 5.67. The molecule has 0 saturated heterocycles. The van der Waals surface area contributed by atoms with Crippen molar-refractivity contribution in [1.29, 1.82) is 0 Å². The number of hydrogen-bond donors (Lipinski definition) is 3. The average Bonchev–Trinajstić information content (AvgIpc) is 2.27. The molecule has 0 rings (SSSR count). The molecule has 1 amide bonds. The van der Waals surface area contributed by atoms with Gasteiger partial charge in [-0.05, 0) is 19.3 Å². The van der Waals surface area contributed by atoms with E-state index in [-0.39, 0.29) is 17.7 Å². The van der Waals surface area contributed by atoms with E-state index < -0.39 is 5.54 Å². The second-order valence-corrected chi connectivity index (χ2v) is 4.48. The van der Waals surface area contributed by atoms with Gasteiger partial charge in [-0.1, -0.05) is 19.0 Å². The fraction of sp³-hybridized carbons (Fsp3) is 0.818. The number of amides is 1. The first kappa shape index (κ1) is 15.7. The van der Waals surface area contributed by atoms with Crippen LogP contribution in [0.1, 0.15) is 33.6 Å². The van der Waals surface area contributed by atoms with Gasteiger partial charge in [-0.25, -0.2) is 0 Å². The molecule has 0 aromatic rings. The molecule has 0 spiro atoms. The van der Waals surface area contributed by atoms with Crippen molar-refractivity contribution >= 4 is 11.7 Å². The van der Waals surface area contributed by atoms with Crippen molar-refractivity contribution in [3.05, 3.63) is 0 Å². The van der Waals surface area contributed by atoms with E-state index in [9.17, 15) is 4.79 Å². The molecule has 17 heavy (non-hydrogen) atoms. The minimum absolute atomic E-state index is 0.00717. The number of oxime groups is 1. The number of ether oxygens (including phenoxy) is 1. The Morgan fingerprint density at radius 1 is 1.65 bits per heavy atom. The number of nitrogens with zero attached hydrogens (tertiary/aromatic N) is 1. The second-order valence-electron chi connectivity index (χ2n) is 4.48. The molecule has 6 nitrogen and oxygen atoms in total. The number of nitrogens with one attached hydrogen (secondary N) is 1. The van der Waals surface area contributed by atoms with Crippen LogP contribution in [0.15, 0.2) is 5.16 Å². The topological polar surface area (TPSA) is 96.9 Å². The maximum atomic E-state index is 11.8. The van der Waals surface area contributed by atoms with Gasteiger partial charge in [0, 0.05) is 20.1 Å². The zero-order chi connectivity index (χ0) is 13.5. The van der Waals surface area contributed by atoms with Crippen LogP contribution < -0.4 is 11.1 Å². The van der Waals surface area contributed by atoms with Crippen LogP contribution in [-0.4, -0.2) is 36.2 Å². The Morgan fingerprint density at radius 2 is 2.24 bits per heavy atom. The van der Waals surface area contributed by atoms with Crippen LogP contribution >= 0.6 is 0 Å². The van der Waals surface area contributed by atoms with Crippen LogP contribution in [0.2, 0.25) is 0 Å². The van der Waals surface area contributed by atoms with Crippen molar-refractivity contribution in [3.8, 4) is 0 Å². The fourth-order valence-electron chi connectivity index (χ4n) is 1.46. The molecule has 0 saturated carbocycles. The Balaban J connectivity index is 4.44. The maximum absolute atomic E-state index is 11.8. The monoisotopic (exact) mass is 245 g/mol. The predicted molar refractivity (Wildman–Crippen MR) is 65.9 cm³/mol. The zero-order valence-corrected chi connectivity index (χ0v) is 11.0. The summed E-state index contributed by atoms with van der Waals surface area (Å²) in [6.45, 7) is 6.04. The Hall–Kier alpha value is -1.30. The summed E-state index contributed by atoms with van der Waals surface area (Å²) < 4.78 is 4.96. The van der Waals surface area contributed by atoms with Crippen LogP contribution in [0.4, 0.5) is 0 Å². The molecule has 2 unspecified atom stereocenters. The number of carbonyl (C=O) groups excluding carboxylic acids is 1. The van der Waals surface area contributed by atoms with Crippen LogP contribution in [-0.2, 0) is 9.53 Å². The number of hydrogen-bond acceptors (Lipinski definition) is 4. The third-order valence-corrected chi connectivity index (χ3v) is 2.78. The molecule has 6 heteroatoms. The molecule has 0 bridgehead atoms. The third kappa shape index (κ3) is 5.04. The van der Waals surface area contributed by atoms with Gasteiger partial charge in [-0.3, -0.25) is 4.79 Å². The highest BCUT2D eigenvalue weighted by Gasteiger charge is 2.29. The molecule has 100 valence electrons. The van der Waals surface area contributed by atoms with E-state index in [2.05, 4.69) is 10.5 Å². The summed E-state index contributed by atoms with van der Waals surface area (Å²) in [5.74, 6) is 0.00615. The maximum Gasteiger partial charge on any atom is 0.221 e. The van der Waals surface area contributed by atoms with Crippen molar-refractivity contribution in [2.75, 3.05) is 13.7 Å². The minimum Gasteiger partial charge on any atom is -0.409 e. The summed E-state index contributed by atoms with van der Waals surface area (Å²) in [6.07, 6.45) is 0.898. The SMILES string of the molecule is CCC(C)(NC(=O)CC(C)COC)C(N)=NO. The summed E-state index contributed by atoms with van der Waals surface area (Å²) in [5.41, 5.74) is 4.75. The molecule has 0 radical (unpaired) electrons. The number of methoxy groups -OCH3 is 1. The van der Waals surface area contributed by atoms with Gasteiger partial charge in [-0.2, -0.15) is 0 Å². The van der Waals surface area contributed by atoms with Crippen LogP contribution in [0.3, 0.4) is 0 Å². The van der Waals surface area contributed by atoms with Crippen molar-refractivity contribution in [2.24, 2.45) is 16.8 Å². The number of carbonyl (C=O) groups is 1. The normalized spacial score (nSPS) is 17.3. The molecule has 4 N–H and O–H groups in total. The van der Waals surface area contributed by atoms with Crippen LogP contribution in [0.5, 0.6) is 0 Å². The van der Waals surface area contributed by atoms with Gasteiger partial charge in [0.2, 0.25) is 5.91 Å². The lowest BCUT2D eigenvalue weighted by Gasteiger charge is -2.28. The summed E-state index contributed by atoms with van der Waals surface area (Å²) in [7, 11) is 1.60. The van der Waals surface area contributed by atoms with Crippen molar-refractivity contribution in [1.82, 2.24) is 5.32 Å². The molecule has 0 fully saturated rings. The molecule has 0 heterocycles. The molecule has 0 aromatic heterocycles. The van der Waals surface area contributed by atoms with E-state index in [0.29, 0.717) is 19.4 Å². The van der Waals surface area contributed by atoms with Gasteiger partial charge in [0.1, 0.15) is 0 Å². The van der Waals surface area contributed by atoms with E-state index >= 15 is 0 Å². The van der Waals surface area contributed by atoms with Gasteiger partial charge in [0.15, 0.2) is 5.84 Å². The van der Waals surface area contributed by atoms with Crippen molar-refractivity contribution < 1.29 is 14.7 Å². The van der Waals surface area contributed by atoms with Crippen LogP contribution in [0, 0.1) is 5.92 Å². The summed E-state index contributed by atoms with van der Waals surface area (Å²) >= 11 is 0. The molecular weight excluding hydrogens is 222 g/mol. The van der Waals surface area contributed by atoms with Crippen molar-refractivity contribution in [3.63, 3.8) is 0 Å². The molecule has 2 atom stereocenters. The Kier molecular flexibility index (Phi) is 6.57. The highest BCUT2D eigenvalue weighted by atomic mass is 16.5. The first-order valence-electron chi connectivity index (χ1n) is 5.67. The summed E-state index contributed by atoms with van der Waals surface area (Å²) in [6, 6.07) is 0. The largest absolute Gasteiger partial charge is 0.409 e. The van der Waals surface area contributed by atoms with Gasteiger partial charge in [0.05, 0.1) is 5.54 Å². The summed E-state index contributed by atoms with van der Waals surface area (Å²) in [5, 5.41) is 14.4. The molecule has 0 aliphatic heterocycles. The third-order valence-electron chi connectivity index (χ3n) is 2.78. The van der Waals surface area contributed by atoms with Gasteiger partial charge in [-0.15, -0.1) is 0 Å². The van der Waals surface area contributed by atoms with E-state index in [0.717, 1.165) is 0 Å². The lowest BCUT2D eigenvalue weighted by atomic mass is 9.96. The van der Waals surface area contributed by atoms with E-state index in [4.69, 9.17) is 15.7 Å². The molecular formula is C11H23N3O3. The van der Waals surface area contributed by atoms with E-state index in [1.807, 2.05) is 13.8 Å². The smallest absolute Gasteiger partial charge is 0.221 e. The fourth-order valence-corrected chi connectivity index (χ4v) is 1.46. The average molecular weight is 245 g/mol. The van der Waals surface area contributed by atoms with Gasteiger partial charge in [0.25, 0.3) is 0 Å². The lowest BCUT2D eigenvalue weighted by Crippen LogP contribution is -2.55. The first-order chi connectivity index (χ1) is 7.89. The van der Waals surface area contributed by atoms with E-state index in [1.54, 1.807) is 14.0 Å². The standard InChI is InChI=1S/C11H23N3O3/c1-5-11(3,10(12)14-16)13-9(15)6-8(2)7-17-4/h8,16H,5-7H2,1-4H3,(H2,12,14)(H,13,15). The molecule has 0 aliphatic carbocycles. The highest BCUT2D eigenvalue weighted by Crippen LogP contribution is 2.11. The molecule has 0 aromatic carbocycles. The number of nitrogens with two attached hydrogens (primary N) is 1. The predicted octanol–water partition coefficient (Wildman–Crippen LogP) is 0.690. The quantitative estimate of drug-likeness (QED) is 0.266. The zero-order valence-electron chi connectivity index (χ0n) is 11.0. The van der Waals surface area contributed by atoms with Crippen molar-refractivity contribution in [2.45, 2.75) is 39.2 Å². The number of rotatable bonds is 7. The van der Waals surface area contributed by atoms with E-state index in [1.165, 1.54) is 0 Å². The lowest BCUT2D eigenvalue weighted by molar-refractivity contribution is -0.123. The Bertz CT molecular complexity index is 281. The molecule has 0 aliphatic rings. The van der Waals surface area contributed by atoms with Gasteiger partial charge >= 0.3 is 0 Å². The highest BCUT2D eigenvalue weighted by molar-refractivity contribution is 5.93. The van der Waals surface area contributed by atoms with Crippen LogP contribution in [0.25, 0.3) is 0 Å². The van der Waals surface area contributed by atoms with Gasteiger partial charge < -0.3 is 21.0 Å². The number of amidine groups is 1. The second kappa shape index (κ2) is 7.11. The summed E-state index contributed by atoms with van der Waals surface area (Å²) in [4.78, 5) is 11.8. The minimum atomic E-state index is -0.807. The Labute approximate surface area is 102 Å². The Morgan fingerprint density at radius 3 is 2.65 bits per heavy atom.